The Labute approximate surface area is 134 Å². The zero-order valence-electron chi connectivity index (χ0n) is 13.2. The van der Waals surface area contributed by atoms with E-state index in [1.54, 1.807) is 43.3 Å². The van der Waals surface area contributed by atoms with Gasteiger partial charge < -0.3 is 20.2 Å². The number of carbonyl (C=O) groups excluding carboxylic acids is 2. The Hall–Kier alpha value is -2.41. The van der Waals surface area contributed by atoms with Crippen LogP contribution in [0.1, 0.15) is 16.8 Å². The maximum atomic E-state index is 12.2. The summed E-state index contributed by atoms with van der Waals surface area (Å²) in [6.45, 7) is 0.353. The van der Waals surface area contributed by atoms with Gasteiger partial charge in [0.05, 0.1) is 6.54 Å². The average molecular weight is 319 g/mol. The van der Waals surface area contributed by atoms with Crippen molar-refractivity contribution in [3.63, 3.8) is 0 Å². The van der Waals surface area contributed by atoms with Gasteiger partial charge in [0, 0.05) is 24.6 Å². The molecule has 2 amide bonds. The summed E-state index contributed by atoms with van der Waals surface area (Å²) in [5.41, 5.74) is 0.512. The van der Waals surface area contributed by atoms with E-state index in [2.05, 4.69) is 5.32 Å². The minimum Gasteiger partial charge on any atom is -0.480 e. The molecule has 2 atom stereocenters. The molecule has 1 aromatic carbocycles. The number of likely N-dealkylation sites (tertiary alicyclic amines) is 1. The van der Waals surface area contributed by atoms with E-state index in [9.17, 15) is 19.5 Å². The zero-order valence-corrected chi connectivity index (χ0v) is 13.2. The van der Waals surface area contributed by atoms with Crippen LogP contribution < -0.4 is 5.32 Å². The first-order chi connectivity index (χ1) is 10.9. The predicted molar refractivity (Wildman–Crippen MR) is 84.0 cm³/mol. The molecule has 7 nitrogen and oxygen atoms in total. The fourth-order valence-corrected chi connectivity index (χ4v) is 2.67. The fourth-order valence-electron chi connectivity index (χ4n) is 2.67. The molecule has 124 valence electrons. The molecule has 0 aromatic heterocycles. The summed E-state index contributed by atoms with van der Waals surface area (Å²) in [6, 6.07) is 7.45. The van der Waals surface area contributed by atoms with Crippen molar-refractivity contribution in [2.45, 2.75) is 18.5 Å². The minimum absolute atomic E-state index is 0.142. The molecule has 0 unspecified atom stereocenters. The van der Waals surface area contributed by atoms with Gasteiger partial charge >= 0.3 is 5.97 Å². The molecular formula is C16H21N3O4. The van der Waals surface area contributed by atoms with Gasteiger partial charge in [0.2, 0.25) is 5.91 Å². The Bertz CT molecular complexity index is 588. The van der Waals surface area contributed by atoms with Crippen LogP contribution in [0.15, 0.2) is 30.3 Å². The molecule has 1 fully saturated rings. The van der Waals surface area contributed by atoms with Crippen LogP contribution in [0.4, 0.5) is 0 Å². The van der Waals surface area contributed by atoms with E-state index >= 15 is 0 Å². The van der Waals surface area contributed by atoms with Crippen molar-refractivity contribution < 1.29 is 19.5 Å². The maximum absolute atomic E-state index is 12.2. The SMILES string of the molecule is CN(C)CC(=O)N1C[C@H](NC(=O)c2ccccc2)C[C@H]1C(=O)O. The average Bonchev–Trinajstić information content (AvgIpc) is 2.91. The summed E-state index contributed by atoms with van der Waals surface area (Å²) in [6.07, 6.45) is 0.215. The van der Waals surface area contributed by atoms with Crippen LogP contribution in [0.5, 0.6) is 0 Å². The first-order valence-corrected chi connectivity index (χ1v) is 7.41. The number of aliphatic carboxylic acids is 1. The number of hydrogen-bond donors (Lipinski definition) is 2. The molecule has 2 rings (SSSR count). The molecule has 23 heavy (non-hydrogen) atoms. The van der Waals surface area contributed by atoms with Crippen LogP contribution in [0.3, 0.4) is 0 Å². The van der Waals surface area contributed by atoms with Crippen LogP contribution in [0.25, 0.3) is 0 Å². The first-order valence-electron chi connectivity index (χ1n) is 7.41. The van der Waals surface area contributed by atoms with E-state index in [0.29, 0.717) is 5.56 Å². The molecule has 2 N–H and O–H groups in total. The number of carboxylic acid groups (broad SMARTS) is 1. The third-order valence-corrected chi connectivity index (χ3v) is 3.73. The fraction of sp³-hybridized carbons (Fsp3) is 0.438. The van der Waals surface area contributed by atoms with Gasteiger partial charge in [-0.25, -0.2) is 4.79 Å². The van der Waals surface area contributed by atoms with Gasteiger partial charge in [-0.3, -0.25) is 9.59 Å². The van der Waals surface area contributed by atoms with Crippen molar-refractivity contribution in [2.24, 2.45) is 0 Å². The van der Waals surface area contributed by atoms with Crippen LogP contribution in [0, 0.1) is 0 Å². The number of rotatable bonds is 5. The van der Waals surface area contributed by atoms with E-state index in [-0.39, 0.29) is 37.4 Å². The summed E-state index contributed by atoms with van der Waals surface area (Å²) < 4.78 is 0. The highest BCUT2D eigenvalue weighted by Gasteiger charge is 2.40. The van der Waals surface area contributed by atoms with Gasteiger partial charge in [-0.05, 0) is 26.2 Å². The second-order valence-corrected chi connectivity index (χ2v) is 5.91. The lowest BCUT2D eigenvalue weighted by atomic mass is 10.1. The standard InChI is InChI=1S/C16H21N3O4/c1-18(2)10-14(20)19-9-12(8-13(19)16(22)23)17-15(21)11-6-4-3-5-7-11/h3-7,12-13H,8-10H2,1-2H3,(H,17,21)(H,22,23)/t12-,13+/m1/s1. The Balaban J connectivity index is 2.03. The third kappa shape index (κ3) is 4.29. The molecule has 7 heteroatoms. The van der Waals surface area contributed by atoms with Gasteiger partial charge in [-0.15, -0.1) is 0 Å². The third-order valence-electron chi connectivity index (χ3n) is 3.73. The molecule has 0 spiro atoms. The second kappa shape index (κ2) is 7.23. The van der Waals surface area contributed by atoms with Gasteiger partial charge in [0.15, 0.2) is 0 Å². The maximum Gasteiger partial charge on any atom is 0.326 e. The molecule has 1 heterocycles. The van der Waals surface area contributed by atoms with Gasteiger partial charge in [-0.2, -0.15) is 0 Å². The number of hydrogen-bond acceptors (Lipinski definition) is 4. The van der Waals surface area contributed by atoms with E-state index in [1.807, 2.05) is 6.07 Å². The monoisotopic (exact) mass is 319 g/mol. The smallest absolute Gasteiger partial charge is 0.326 e. The van der Waals surface area contributed by atoms with Crippen LogP contribution >= 0.6 is 0 Å². The lowest BCUT2D eigenvalue weighted by molar-refractivity contribution is -0.148. The molecule has 1 aliphatic rings. The summed E-state index contributed by atoms with van der Waals surface area (Å²) in [5.74, 6) is -1.56. The van der Waals surface area contributed by atoms with E-state index in [4.69, 9.17) is 0 Å². The quantitative estimate of drug-likeness (QED) is 0.799. The lowest BCUT2D eigenvalue weighted by Crippen LogP contribution is -2.45. The molecule has 0 saturated carbocycles. The number of amides is 2. The van der Waals surface area contributed by atoms with Crippen molar-refractivity contribution in [1.29, 1.82) is 0 Å². The predicted octanol–water partition coefficient (Wildman–Crippen LogP) is 0.0321. The van der Waals surface area contributed by atoms with Crippen LogP contribution in [-0.4, -0.2) is 72.0 Å². The molecule has 0 bridgehead atoms. The Morgan fingerprint density at radius 3 is 2.48 bits per heavy atom. The minimum atomic E-state index is -1.05. The topological polar surface area (TPSA) is 90.0 Å². The first kappa shape index (κ1) is 17.0. The largest absolute Gasteiger partial charge is 0.480 e. The summed E-state index contributed by atoms with van der Waals surface area (Å²) in [7, 11) is 3.50. The second-order valence-electron chi connectivity index (χ2n) is 5.91. The van der Waals surface area contributed by atoms with Crippen LogP contribution in [-0.2, 0) is 9.59 Å². The van der Waals surface area contributed by atoms with Crippen LogP contribution in [0.2, 0.25) is 0 Å². The number of benzene rings is 1. The van der Waals surface area contributed by atoms with Gasteiger partial charge in [-0.1, -0.05) is 18.2 Å². The van der Waals surface area contributed by atoms with Crippen molar-refractivity contribution in [2.75, 3.05) is 27.2 Å². The summed E-state index contributed by atoms with van der Waals surface area (Å²) in [4.78, 5) is 38.7. The van der Waals surface area contributed by atoms with E-state index < -0.39 is 12.0 Å². The molecule has 1 aromatic rings. The number of nitrogens with zero attached hydrogens (tertiary/aromatic N) is 2. The zero-order chi connectivity index (χ0) is 17.0. The highest BCUT2D eigenvalue weighted by atomic mass is 16.4. The van der Waals surface area contributed by atoms with E-state index in [0.717, 1.165) is 0 Å². The van der Waals surface area contributed by atoms with Crippen molar-refractivity contribution in [3.8, 4) is 0 Å². The van der Waals surface area contributed by atoms with Crippen molar-refractivity contribution >= 4 is 17.8 Å². The lowest BCUT2D eigenvalue weighted by Gasteiger charge is -2.23. The van der Waals surface area contributed by atoms with E-state index in [1.165, 1.54) is 4.90 Å². The number of likely N-dealkylation sites (N-methyl/N-ethyl adjacent to an activating group) is 1. The molecule has 1 aliphatic heterocycles. The van der Waals surface area contributed by atoms with Gasteiger partial charge in [0.1, 0.15) is 6.04 Å². The number of nitrogens with one attached hydrogen (secondary N) is 1. The molecule has 0 aliphatic carbocycles. The highest BCUT2D eigenvalue weighted by Crippen LogP contribution is 2.19. The highest BCUT2D eigenvalue weighted by molar-refractivity contribution is 5.94. The van der Waals surface area contributed by atoms with Crippen molar-refractivity contribution in [1.82, 2.24) is 15.1 Å². The molecule has 0 radical (unpaired) electrons. The van der Waals surface area contributed by atoms with Crippen molar-refractivity contribution in [3.05, 3.63) is 35.9 Å². The number of carbonyl (C=O) groups is 3. The van der Waals surface area contributed by atoms with Gasteiger partial charge in [0.25, 0.3) is 5.91 Å². The molecular weight excluding hydrogens is 298 g/mol. The Kier molecular flexibility index (Phi) is 5.33. The summed E-state index contributed by atoms with van der Waals surface area (Å²) in [5, 5.41) is 12.1. The molecule has 1 saturated heterocycles. The Morgan fingerprint density at radius 2 is 1.91 bits per heavy atom. The Morgan fingerprint density at radius 1 is 1.26 bits per heavy atom. The summed E-state index contributed by atoms with van der Waals surface area (Å²) >= 11 is 0. The number of carboxylic acids is 1. The normalized spacial score (nSPS) is 20.6.